The van der Waals surface area contributed by atoms with Crippen molar-refractivity contribution in [2.45, 2.75) is 31.3 Å². The molecule has 1 aliphatic heterocycles. The highest BCUT2D eigenvalue weighted by atomic mass is 79.9. The summed E-state index contributed by atoms with van der Waals surface area (Å²) in [5.41, 5.74) is 0.625. The standard InChI is InChI=1S/C14H15BrN2O2/c15-10-3-1-9(2-4-10)14(19)16-11-7-13(18)17(8-11)12-5-6-12/h1-4,11-12H,5-8H2,(H,16,19). The second-order valence-corrected chi connectivity index (χ2v) is 6.07. The first-order valence-corrected chi connectivity index (χ1v) is 7.28. The molecule has 1 atom stereocenters. The summed E-state index contributed by atoms with van der Waals surface area (Å²) in [5.74, 6) is 0.0616. The maximum atomic E-state index is 12.1. The number of hydrogen-bond acceptors (Lipinski definition) is 2. The van der Waals surface area contributed by atoms with E-state index in [-0.39, 0.29) is 17.9 Å². The van der Waals surface area contributed by atoms with Crippen LogP contribution in [0.15, 0.2) is 28.7 Å². The van der Waals surface area contributed by atoms with E-state index < -0.39 is 0 Å². The minimum absolute atomic E-state index is 0.0516. The second kappa shape index (κ2) is 4.96. The molecule has 2 fully saturated rings. The molecule has 0 spiro atoms. The Morgan fingerprint density at radius 1 is 1.26 bits per heavy atom. The molecule has 2 amide bonds. The molecular weight excluding hydrogens is 308 g/mol. The van der Waals surface area contributed by atoms with Crippen molar-refractivity contribution in [1.29, 1.82) is 0 Å². The minimum atomic E-state index is -0.108. The van der Waals surface area contributed by atoms with Crippen molar-refractivity contribution in [3.05, 3.63) is 34.3 Å². The average Bonchev–Trinajstić information content (AvgIpc) is 3.15. The molecule has 2 aliphatic rings. The minimum Gasteiger partial charge on any atom is -0.347 e. The molecule has 3 rings (SSSR count). The van der Waals surface area contributed by atoms with Crippen LogP contribution in [0.2, 0.25) is 0 Å². The highest BCUT2D eigenvalue weighted by Gasteiger charge is 2.39. The van der Waals surface area contributed by atoms with Gasteiger partial charge in [0.2, 0.25) is 5.91 Å². The molecule has 1 aromatic carbocycles. The molecule has 1 aliphatic carbocycles. The summed E-state index contributed by atoms with van der Waals surface area (Å²) in [5, 5.41) is 2.94. The maximum Gasteiger partial charge on any atom is 0.251 e. The summed E-state index contributed by atoms with van der Waals surface area (Å²) in [6.07, 6.45) is 2.65. The fourth-order valence-electron chi connectivity index (χ4n) is 2.44. The predicted octanol–water partition coefficient (Wildman–Crippen LogP) is 1.94. The molecule has 1 unspecified atom stereocenters. The number of halogens is 1. The number of nitrogens with zero attached hydrogens (tertiary/aromatic N) is 1. The van der Waals surface area contributed by atoms with Crippen LogP contribution in [0.5, 0.6) is 0 Å². The molecule has 1 saturated heterocycles. The molecule has 0 radical (unpaired) electrons. The van der Waals surface area contributed by atoms with E-state index in [4.69, 9.17) is 0 Å². The van der Waals surface area contributed by atoms with Gasteiger partial charge >= 0.3 is 0 Å². The quantitative estimate of drug-likeness (QED) is 0.924. The maximum absolute atomic E-state index is 12.1. The van der Waals surface area contributed by atoms with Gasteiger partial charge in [-0.05, 0) is 37.1 Å². The van der Waals surface area contributed by atoms with Crippen LogP contribution in [0.1, 0.15) is 29.6 Å². The smallest absolute Gasteiger partial charge is 0.251 e. The Hall–Kier alpha value is -1.36. The van der Waals surface area contributed by atoms with Gasteiger partial charge in [0.05, 0.1) is 6.04 Å². The molecule has 0 aromatic heterocycles. The zero-order valence-corrected chi connectivity index (χ0v) is 12.0. The van der Waals surface area contributed by atoms with Crippen molar-refractivity contribution in [2.24, 2.45) is 0 Å². The number of likely N-dealkylation sites (tertiary alicyclic amines) is 1. The highest BCUT2D eigenvalue weighted by molar-refractivity contribution is 9.10. The lowest BCUT2D eigenvalue weighted by Crippen LogP contribution is -2.37. The van der Waals surface area contributed by atoms with Crippen molar-refractivity contribution in [2.75, 3.05) is 6.54 Å². The topological polar surface area (TPSA) is 49.4 Å². The van der Waals surface area contributed by atoms with Gasteiger partial charge < -0.3 is 10.2 Å². The number of amides is 2. The molecule has 1 heterocycles. The third-order valence-electron chi connectivity index (χ3n) is 3.59. The Labute approximate surface area is 120 Å². The van der Waals surface area contributed by atoms with Crippen LogP contribution in [0.3, 0.4) is 0 Å². The highest BCUT2D eigenvalue weighted by Crippen LogP contribution is 2.30. The van der Waals surface area contributed by atoms with Gasteiger partial charge in [-0.2, -0.15) is 0 Å². The van der Waals surface area contributed by atoms with Crippen molar-refractivity contribution in [3.8, 4) is 0 Å². The Morgan fingerprint density at radius 3 is 2.58 bits per heavy atom. The first kappa shape index (κ1) is 12.7. The largest absolute Gasteiger partial charge is 0.347 e. The van der Waals surface area contributed by atoms with E-state index in [1.807, 2.05) is 17.0 Å². The van der Waals surface area contributed by atoms with Gasteiger partial charge in [0.15, 0.2) is 0 Å². The molecule has 0 bridgehead atoms. The molecule has 1 N–H and O–H groups in total. The lowest BCUT2D eigenvalue weighted by Gasteiger charge is -2.16. The van der Waals surface area contributed by atoms with E-state index in [9.17, 15) is 9.59 Å². The SMILES string of the molecule is O=C(NC1CC(=O)N(C2CC2)C1)c1ccc(Br)cc1. The van der Waals surface area contributed by atoms with Crippen molar-refractivity contribution in [1.82, 2.24) is 10.2 Å². The Balaban J connectivity index is 1.61. The number of carbonyl (C=O) groups excluding carboxylic acids is 2. The summed E-state index contributed by atoms with van der Waals surface area (Å²) in [7, 11) is 0. The Morgan fingerprint density at radius 2 is 1.95 bits per heavy atom. The fourth-order valence-corrected chi connectivity index (χ4v) is 2.70. The van der Waals surface area contributed by atoms with Crippen LogP contribution in [0.4, 0.5) is 0 Å². The molecule has 19 heavy (non-hydrogen) atoms. The van der Waals surface area contributed by atoms with Crippen molar-refractivity contribution < 1.29 is 9.59 Å². The van der Waals surface area contributed by atoms with Crippen molar-refractivity contribution in [3.63, 3.8) is 0 Å². The zero-order chi connectivity index (χ0) is 13.4. The third kappa shape index (κ3) is 2.81. The summed E-state index contributed by atoms with van der Waals surface area (Å²) < 4.78 is 0.944. The number of carbonyl (C=O) groups is 2. The van der Waals surface area contributed by atoms with Gasteiger partial charge in [-0.25, -0.2) is 0 Å². The lowest BCUT2D eigenvalue weighted by molar-refractivity contribution is -0.128. The average molecular weight is 323 g/mol. The number of hydrogen-bond donors (Lipinski definition) is 1. The van der Waals surface area contributed by atoms with Gasteiger partial charge in [-0.3, -0.25) is 9.59 Å². The summed E-state index contributed by atoms with van der Waals surface area (Å²) in [6.45, 7) is 0.659. The van der Waals surface area contributed by atoms with Gasteiger partial charge in [0.1, 0.15) is 0 Å². The summed E-state index contributed by atoms with van der Waals surface area (Å²) >= 11 is 3.34. The lowest BCUT2D eigenvalue weighted by atomic mass is 10.2. The normalized spacial score (nSPS) is 22.7. The van der Waals surface area contributed by atoms with Gasteiger partial charge in [-0.1, -0.05) is 15.9 Å². The molecule has 4 nitrogen and oxygen atoms in total. The molecule has 5 heteroatoms. The van der Waals surface area contributed by atoms with Crippen LogP contribution in [0.25, 0.3) is 0 Å². The van der Waals surface area contributed by atoms with E-state index >= 15 is 0 Å². The van der Waals surface area contributed by atoms with E-state index in [1.54, 1.807) is 12.1 Å². The Bertz CT molecular complexity index is 511. The van der Waals surface area contributed by atoms with E-state index in [0.717, 1.165) is 17.3 Å². The number of rotatable bonds is 3. The molecule has 1 aromatic rings. The first-order chi connectivity index (χ1) is 9.13. The van der Waals surface area contributed by atoms with Crippen LogP contribution in [-0.2, 0) is 4.79 Å². The van der Waals surface area contributed by atoms with E-state index in [1.165, 1.54) is 0 Å². The molecule has 1 saturated carbocycles. The van der Waals surface area contributed by atoms with Crippen LogP contribution in [0, 0.1) is 0 Å². The molecular formula is C14H15BrN2O2. The predicted molar refractivity (Wildman–Crippen MR) is 74.7 cm³/mol. The molecule has 100 valence electrons. The fraction of sp³-hybridized carbons (Fsp3) is 0.429. The van der Waals surface area contributed by atoms with Gasteiger partial charge in [0.25, 0.3) is 5.91 Å². The van der Waals surface area contributed by atoms with Gasteiger partial charge in [0, 0.05) is 29.0 Å². The van der Waals surface area contributed by atoms with Crippen LogP contribution >= 0.6 is 15.9 Å². The third-order valence-corrected chi connectivity index (χ3v) is 4.12. The first-order valence-electron chi connectivity index (χ1n) is 6.49. The van der Waals surface area contributed by atoms with E-state index in [0.29, 0.717) is 24.6 Å². The van der Waals surface area contributed by atoms with Crippen LogP contribution in [-0.4, -0.2) is 35.3 Å². The van der Waals surface area contributed by atoms with Crippen molar-refractivity contribution >= 4 is 27.7 Å². The number of benzene rings is 1. The number of nitrogens with one attached hydrogen (secondary N) is 1. The monoisotopic (exact) mass is 322 g/mol. The zero-order valence-electron chi connectivity index (χ0n) is 10.4. The Kier molecular flexibility index (Phi) is 3.31. The van der Waals surface area contributed by atoms with Crippen LogP contribution < -0.4 is 5.32 Å². The summed E-state index contributed by atoms with van der Waals surface area (Å²) in [6, 6.07) is 7.60. The van der Waals surface area contributed by atoms with E-state index in [2.05, 4.69) is 21.2 Å². The van der Waals surface area contributed by atoms with Gasteiger partial charge in [-0.15, -0.1) is 0 Å². The second-order valence-electron chi connectivity index (χ2n) is 5.16. The summed E-state index contributed by atoms with van der Waals surface area (Å²) in [4.78, 5) is 25.8.